The molecule has 0 aliphatic heterocycles. The number of hydrogen-bond acceptors (Lipinski definition) is 3. The Morgan fingerprint density at radius 1 is 1.40 bits per heavy atom. The maximum atomic E-state index is 8.31. The summed E-state index contributed by atoms with van der Waals surface area (Å²) >= 11 is 5.75. The molecule has 1 rings (SSSR count). The van der Waals surface area contributed by atoms with Crippen molar-refractivity contribution in [1.82, 2.24) is 0 Å². The highest BCUT2D eigenvalue weighted by Gasteiger charge is 1.94. The molecule has 0 fully saturated rings. The fraction of sp³-hybridized carbons (Fsp3) is 0.300. The van der Waals surface area contributed by atoms with Crippen LogP contribution in [0.2, 0.25) is 5.02 Å². The average Bonchev–Trinajstić information content (AvgIpc) is 2.26. The summed E-state index contributed by atoms with van der Waals surface area (Å²) in [6.45, 7) is 0.776. The summed E-state index contributed by atoms with van der Waals surface area (Å²) in [6.07, 6.45) is 1.40. The molecule has 0 unspecified atom stereocenters. The van der Waals surface area contributed by atoms with E-state index in [0.717, 1.165) is 23.7 Å². The van der Waals surface area contributed by atoms with Gasteiger partial charge in [0.2, 0.25) is 0 Å². The SMILES string of the molecule is NC(CCCNc1ccc(Cl)cc1)=NO. The summed E-state index contributed by atoms with van der Waals surface area (Å²) in [5, 5.41) is 15.1. The van der Waals surface area contributed by atoms with E-state index in [9.17, 15) is 0 Å². The fourth-order valence-corrected chi connectivity index (χ4v) is 1.25. The molecule has 4 nitrogen and oxygen atoms in total. The molecule has 0 saturated carbocycles. The lowest BCUT2D eigenvalue weighted by molar-refractivity contribution is 0.316. The van der Waals surface area contributed by atoms with Gasteiger partial charge in [-0.1, -0.05) is 16.8 Å². The van der Waals surface area contributed by atoms with E-state index in [0.29, 0.717) is 6.42 Å². The molecule has 0 bridgehead atoms. The van der Waals surface area contributed by atoms with E-state index in [4.69, 9.17) is 22.5 Å². The van der Waals surface area contributed by atoms with Gasteiger partial charge in [-0.05, 0) is 30.7 Å². The lowest BCUT2D eigenvalue weighted by Crippen LogP contribution is -2.13. The van der Waals surface area contributed by atoms with Crippen LogP contribution in [0, 0.1) is 0 Å². The number of nitrogens with one attached hydrogen (secondary N) is 1. The van der Waals surface area contributed by atoms with Crippen molar-refractivity contribution in [1.29, 1.82) is 0 Å². The van der Waals surface area contributed by atoms with E-state index >= 15 is 0 Å². The van der Waals surface area contributed by atoms with E-state index in [1.807, 2.05) is 24.3 Å². The molecule has 0 aliphatic carbocycles. The zero-order valence-corrected chi connectivity index (χ0v) is 9.04. The number of benzene rings is 1. The lowest BCUT2D eigenvalue weighted by Gasteiger charge is -2.05. The third-order valence-electron chi connectivity index (χ3n) is 1.91. The van der Waals surface area contributed by atoms with Crippen LogP contribution in [0.4, 0.5) is 5.69 Å². The van der Waals surface area contributed by atoms with E-state index in [1.54, 1.807) is 0 Å². The van der Waals surface area contributed by atoms with Crippen LogP contribution in [0.25, 0.3) is 0 Å². The van der Waals surface area contributed by atoms with Crippen molar-refractivity contribution in [3.8, 4) is 0 Å². The molecule has 0 aliphatic rings. The van der Waals surface area contributed by atoms with Gasteiger partial charge in [0.15, 0.2) is 0 Å². The highest BCUT2D eigenvalue weighted by atomic mass is 35.5. The highest BCUT2D eigenvalue weighted by molar-refractivity contribution is 6.30. The predicted molar refractivity (Wildman–Crippen MR) is 62.6 cm³/mol. The molecule has 0 aromatic heterocycles. The summed E-state index contributed by atoms with van der Waals surface area (Å²) in [7, 11) is 0. The number of hydrogen-bond donors (Lipinski definition) is 3. The molecular formula is C10H14ClN3O. The molecular weight excluding hydrogens is 214 g/mol. The Morgan fingerprint density at radius 3 is 2.67 bits per heavy atom. The van der Waals surface area contributed by atoms with Crippen LogP contribution in [-0.4, -0.2) is 17.6 Å². The van der Waals surface area contributed by atoms with Crippen molar-refractivity contribution in [3.63, 3.8) is 0 Å². The minimum atomic E-state index is 0.257. The van der Waals surface area contributed by atoms with Gasteiger partial charge in [-0.15, -0.1) is 0 Å². The maximum Gasteiger partial charge on any atom is 0.139 e. The Kier molecular flexibility index (Phi) is 4.77. The smallest absolute Gasteiger partial charge is 0.139 e. The third-order valence-corrected chi connectivity index (χ3v) is 2.16. The molecule has 0 saturated heterocycles. The Balaban J connectivity index is 2.23. The minimum Gasteiger partial charge on any atom is -0.409 e. The first kappa shape index (κ1) is 11.7. The zero-order chi connectivity index (χ0) is 11.1. The van der Waals surface area contributed by atoms with Gasteiger partial charge in [-0.25, -0.2) is 0 Å². The molecule has 15 heavy (non-hydrogen) atoms. The molecule has 0 spiro atoms. The first-order valence-electron chi connectivity index (χ1n) is 4.68. The standard InChI is InChI=1S/C10H14ClN3O/c11-8-3-5-9(6-4-8)13-7-1-2-10(12)14-15/h3-6,13,15H,1-2,7H2,(H2,12,14). The number of rotatable bonds is 5. The molecule has 5 heteroatoms. The van der Waals surface area contributed by atoms with Crippen LogP contribution < -0.4 is 11.1 Å². The zero-order valence-electron chi connectivity index (χ0n) is 8.28. The number of nitrogens with zero attached hydrogens (tertiary/aromatic N) is 1. The topological polar surface area (TPSA) is 70.6 Å². The van der Waals surface area contributed by atoms with Crippen molar-refractivity contribution < 1.29 is 5.21 Å². The van der Waals surface area contributed by atoms with Crippen LogP contribution in [0.1, 0.15) is 12.8 Å². The van der Waals surface area contributed by atoms with Crippen molar-refractivity contribution in [2.24, 2.45) is 10.9 Å². The number of oxime groups is 1. The van der Waals surface area contributed by atoms with Crippen molar-refractivity contribution in [3.05, 3.63) is 29.3 Å². The molecule has 0 atom stereocenters. The maximum absolute atomic E-state index is 8.31. The average molecular weight is 228 g/mol. The molecule has 0 radical (unpaired) electrons. The quantitative estimate of drug-likeness (QED) is 0.238. The van der Waals surface area contributed by atoms with E-state index in [2.05, 4.69) is 10.5 Å². The second-order valence-corrected chi connectivity index (χ2v) is 3.56. The van der Waals surface area contributed by atoms with Crippen LogP contribution >= 0.6 is 11.6 Å². The highest BCUT2D eigenvalue weighted by Crippen LogP contribution is 2.13. The second kappa shape index (κ2) is 6.14. The van der Waals surface area contributed by atoms with Crippen molar-refractivity contribution in [2.75, 3.05) is 11.9 Å². The lowest BCUT2D eigenvalue weighted by atomic mass is 10.2. The Bertz CT molecular complexity index is 324. The molecule has 1 aromatic carbocycles. The minimum absolute atomic E-state index is 0.257. The van der Waals surface area contributed by atoms with Crippen molar-refractivity contribution in [2.45, 2.75) is 12.8 Å². The van der Waals surface area contributed by atoms with Gasteiger partial charge in [-0.2, -0.15) is 0 Å². The monoisotopic (exact) mass is 227 g/mol. The third kappa shape index (κ3) is 4.56. The van der Waals surface area contributed by atoms with Gasteiger partial charge in [0.25, 0.3) is 0 Å². The van der Waals surface area contributed by atoms with Crippen LogP contribution in [0.5, 0.6) is 0 Å². The van der Waals surface area contributed by atoms with Crippen LogP contribution in [-0.2, 0) is 0 Å². The Morgan fingerprint density at radius 2 is 2.07 bits per heavy atom. The van der Waals surface area contributed by atoms with Gasteiger partial charge < -0.3 is 16.3 Å². The van der Waals surface area contributed by atoms with Gasteiger partial charge in [0, 0.05) is 23.7 Å². The van der Waals surface area contributed by atoms with Crippen LogP contribution in [0.3, 0.4) is 0 Å². The summed E-state index contributed by atoms with van der Waals surface area (Å²) in [4.78, 5) is 0. The normalized spacial score (nSPS) is 11.4. The largest absolute Gasteiger partial charge is 0.409 e. The fourth-order valence-electron chi connectivity index (χ4n) is 1.12. The first-order chi connectivity index (χ1) is 7.22. The van der Waals surface area contributed by atoms with Gasteiger partial charge in [0.05, 0.1) is 0 Å². The van der Waals surface area contributed by atoms with Crippen molar-refractivity contribution >= 4 is 23.1 Å². The van der Waals surface area contributed by atoms with E-state index in [-0.39, 0.29) is 5.84 Å². The second-order valence-electron chi connectivity index (χ2n) is 3.13. The molecule has 0 amide bonds. The number of halogens is 1. The van der Waals surface area contributed by atoms with E-state index < -0.39 is 0 Å². The molecule has 4 N–H and O–H groups in total. The summed E-state index contributed by atoms with van der Waals surface area (Å²) in [5.74, 6) is 0.257. The summed E-state index contributed by atoms with van der Waals surface area (Å²) in [6, 6.07) is 7.47. The predicted octanol–water partition coefficient (Wildman–Crippen LogP) is 2.28. The number of nitrogens with two attached hydrogens (primary N) is 1. The number of anilines is 1. The van der Waals surface area contributed by atoms with Gasteiger partial charge >= 0.3 is 0 Å². The molecule has 82 valence electrons. The Hall–Kier alpha value is -1.42. The van der Waals surface area contributed by atoms with Crippen LogP contribution in [0.15, 0.2) is 29.4 Å². The summed E-state index contributed by atoms with van der Waals surface area (Å²) < 4.78 is 0. The molecule has 0 heterocycles. The molecule has 1 aromatic rings. The summed E-state index contributed by atoms with van der Waals surface area (Å²) in [5.41, 5.74) is 6.34. The van der Waals surface area contributed by atoms with Gasteiger partial charge in [-0.3, -0.25) is 0 Å². The van der Waals surface area contributed by atoms with Gasteiger partial charge in [0.1, 0.15) is 5.84 Å². The first-order valence-corrected chi connectivity index (χ1v) is 5.06. The van der Waals surface area contributed by atoms with E-state index in [1.165, 1.54) is 0 Å². The Labute approximate surface area is 93.7 Å². The number of amidine groups is 1.